The van der Waals surface area contributed by atoms with Crippen molar-refractivity contribution >= 4 is 34.4 Å². The Morgan fingerprint density at radius 1 is 1.00 bits per heavy atom. The summed E-state index contributed by atoms with van der Waals surface area (Å²) in [5.41, 5.74) is -0.285. The van der Waals surface area contributed by atoms with Crippen LogP contribution < -0.4 is 10.6 Å². The van der Waals surface area contributed by atoms with Crippen molar-refractivity contribution < 1.29 is 14.3 Å². The van der Waals surface area contributed by atoms with Crippen LogP contribution in [0.3, 0.4) is 0 Å². The lowest BCUT2D eigenvalue weighted by Gasteiger charge is -2.21. The van der Waals surface area contributed by atoms with Crippen LogP contribution in [-0.4, -0.2) is 34.1 Å². The monoisotopic (exact) mass is 356 g/mol. The Morgan fingerprint density at radius 2 is 1.41 bits per heavy atom. The first kappa shape index (κ1) is 16.6. The minimum Gasteiger partial charge on any atom is -0.362 e. The highest BCUT2D eigenvalue weighted by atomic mass is 127. The lowest BCUT2D eigenvalue weighted by atomic mass is 10.1. The Kier molecular flexibility index (Phi) is 6.39. The van der Waals surface area contributed by atoms with Crippen molar-refractivity contribution in [3.63, 3.8) is 0 Å². The summed E-state index contributed by atoms with van der Waals surface area (Å²) in [6.07, 6.45) is 0. The molecule has 5 nitrogen and oxygen atoms in total. The van der Waals surface area contributed by atoms with Gasteiger partial charge in [0.25, 0.3) is 0 Å². The molecule has 0 aromatic carbocycles. The van der Waals surface area contributed by atoms with Crippen LogP contribution in [0.1, 0.15) is 34.6 Å². The van der Waals surface area contributed by atoms with Gasteiger partial charge >= 0.3 is 0 Å². The number of halogens is 1. The molecule has 0 fully saturated rings. The van der Waals surface area contributed by atoms with E-state index in [4.69, 9.17) is 4.74 Å². The maximum absolute atomic E-state index is 11.4. The summed E-state index contributed by atoms with van der Waals surface area (Å²) >= 11 is 2.11. The van der Waals surface area contributed by atoms with Gasteiger partial charge in [0.1, 0.15) is 13.2 Å². The van der Waals surface area contributed by atoms with E-state index < -0.39 is 0 Å². The van der Waals surface area contributed by atoms with Gasteiger partial charge in [-0.1, -0.05) is 22.6 Å². The number of carbonyl (C=O) groups is 2. The standard InChI is InChI=1S/C11H21IN2O3/c1-10(2,3)13-8(15)6-17-7-9(16)14-11(4,5)12/h6-7H2,1-5H3,(H,13,15)(H,14,16). The first-order valence-corrected chi connectivity index (χ1v) is 6.46. The maximum atomic E-state index is 11.4. The molecule has 0 saturated carbocycles. The van der Waals surface area contributed by atoms with Crippen LogP contribution in [0.4, 0.5) is 0 Å². The first-order chi connectivity index (χ1) is 7.49. The minimum atomic E-state index is -0.314. The zero-order valence-electron chi connectivity index (χ0n) is 11.0. The van der Waals surface area contributed by atoms with E-state index in [1.807, 2.05) is 34.6 Å². The highest BCUT2D eigenvalue weighted by Gasteiger charge is 2.17. The Balaban J connectivity index is 3.78. The maximum Gasteiger partial charge on any atom is 0.247 e. The van der Waals surface area contributed by atoms with Gasteiger partial charge in [0.2, 0.25) is 11.8 Å². The molecule has 0 aromatic rings. The van der Waals surface area contributed by atoms with E-state index in [2.05, 4.69) is 33.2 Å². The number of nitrogens with one attached hydrogen (secondary N) is 2. The number of alkyl halides is 1. The minimum absolute atomic E-state index is 0.105. The van der Waals surface area contributed by atoms with E-state index >= 15 is 0 Å². The Hall–Kier alpha value is -0.370. The quantitative estimate of drug-likeness (QED) is 0.442. The predicted molar refractivity (Wildman–Crippen MR) is 75.0 cm³/mol. The summed E-state index contributed by atoms with van der Waals surface area (Å²) in [5.74, 6) is -0.452. The van der Waals surface area contributed by atoms with Gasteiger partial charge < -0.3 is 15.4 Å². The second kappa shape index (κ2) is 6.53. The third-order valence-corrected chi connectivity index (χ3v) is 1.69. The van der Waals surface area contributed by atoms with Crippen molar-refractivity contribution in [1.82, 2.24) is 10.6 Å². The summed E-state index contributed by atoms with van der Waals surface area (Å²) in [4.78, 5) is 22.7. The van der Waals surface area contributed by atoms with Crippen LogP contribution >= 0.6 is 22.6 Å². The van der Waals surface area contributed by atoms with E-state index in [0.29, 0.717) is 0 Å². The summed E-state index contributed by atoms with van der Waals surface area (Å²) in [6.45, 7) is 9.19. The molecule has 2 N–H and O–H groups in total. The number of hydrogen-bond donors (Lipinski definition) is 2. The number of carbonyl (C=O) groups excluding carboxylic acids is 2. The SMILES string of the molecule is CC(C)(C)NC(=O)COCC(=O)NC(C)(C)I. The van der Waals surface area contributed by atoms with Gasteiger partial charge in [-0.3, -0.25) is 9.59 Å². The van der Waals surface area contributed by atoms with Crippen molar-refractivity contribution in [2.24, 2.45) is 0 Å². The fourth-order valence-electron chi connectivity index (χ4n) is 1.06. The molecule has 0 aromatic heterocycles. The molecule has 0 radical (unpaired) electrons. The number of ether oxygens (including phenoxy) is 1. The molecule has 2 amide bonds. The smallest absolute Gasteiger partial charge is 0.247 e. The van der Waals surface area contributed by atoms with Gasteiger partial charge in [0.15, 0.2) is 0 Å². The third-order valence-electron chi connectivity index (χ3n) is 1.42. The van der Waals surface area contributed by atoms with Gasteiger partial charge in [-0.25, -0.2) is 0 Å². The molecule has 0 spiro atoms. The second-order valence-corrected chi connectivity index (χ2v) is 8.01. The molecule has 6 heteroatoms. The van der Waals surface area contributed by atoms with Gasteiger partial charge in [-0.2, -0.15) is 0 Å². The van der Waals surface area contributed by atoms with E-state index in [-0.39, 0.29) is 34.1 Å². The molecule has 0 aliphatic carbocycles. The summed E-state index contributed by atoms with van der Waals surface area (Å²) in [5, 5.41) is 5.48. The van der Waals surface area contributed by atoms with Crippen LogP contribution in [-0.2, 0) is 14.3 Å². The van der Waals surface area contributed by atoms with Gasteiger partial charge in [-0.05, 0) is 34.6 Å². The van der Waals surface area contributed by atoms with Crippen LogP contribution in [0, 0.1) is 0 Å². The molecular weight excluding hydrogens is 335 g/mol. The molecule has 0 bridgehead atoms. The van der Waals surface area contributed by atoms with Crippen LogP contribution in [0.2, 0.25) is 0 Å². The lowest BCUT2D eigenvalue weighted by molar-refractivity contribution is -0.132. The molecule has 0 aliphatic rings. The summed E-state index contributed by atoms with van der Waals surface area (Å²) in [7, 11) is 0. The topological polar surface area (TPSA) is 67.4 Å². The molecule has 0 rings (SSSR count). The number of hydrogen-bond acceptors (Lipinski definition) is 3. The summed E-state index contributed by atoms with van der Waals surface area (Å²) in [6, 6.07) is 0. The predicted octanol–water partition coefficient (Wildman–Crippen LogP) is 1.20. The zero-order valence-corrected chi connectivity index (χ0v) is 13.2. The molecule has 0 atom stereocenters. The zero-order chi connectivity index (χ0) is 13.7. The highest BCUT2D eigenvalue weighted by molar-refractivity contribution is 14.1. The molecule has 0 unspecified atom stereocenters. The Morgan fingerprint density at radius 3 is 1.76 bits per heavy atom. The largest absolute Gasteiger partial charge is 0.362 e. The van der Waals surface area contributed by atoms with Crippen molar-refractivity contribution in [3.8, 4) is 0 Å². The van der Waals surface area contributed by atoms with Gasteiger partial charge in [-0.15, -0.1) is 0 Å². The van der Waals surface area contributed by atoms with Crippen molar-refractivity contribution in [2.45, 2.75) is 43.7 Å². The Bertz CT molecular complexity index is 251. The van der Waals surface area contributed by atoms with E-state index in [1.165, 1.54) is 0 Å². The van der Waals surface area contributed by atoms with E-state index in [1.54, 1.807) is 0 Å². The Labute approximate surface area is 116 Å². The van der Waals surface area contributed by atoms with Crippen LogP contribution in [0.5, 0.6) is 0 Å². The fraction of sp³-hybridized carbons (Fsp3) is 0.818. The molecular formula is C11H21IN2O3. The van der Waals surface area contributed by atoms with Gasteiger partial charge in [0.05, 0.1) is 3.55 Å². The van der Waals surface area contributed by atoms with Crippen molar-refractivity contribution in [2.75, 3.05) is 13.2 Å². The van der Waals surface area contributed by atoms with Crippen LogP contribution in [0.15, 0.2) is 0 Å². The molecule has 100 valence electrons. The van der Waals surface area contributed by atoms with E-state index in [9.17, 15) is 9.59 Å². The van der Waals surface area contributed by atoms with Crippen molar-refractivity contribution in [3.05, 3.63) is 0 Å². The third kappa shape index (κ3) is 11.9. The highest BCUT2D eigenvalue weighted by Crippen LogP contribution is 2.11. The van der Waals surface area contributed by atoms with E-state index in [0.717, 1.165) is 0 Å². The summed E-state index contributed by atoms with van der Waals surface area (Å²) < 4.78 is 4.71. The fourth-order valence-corrected chi connectivity index (χ4v) is 1.36. The first-order valence-electron chi connectivity index (χ1n) is 5.38. The number of amides is 2. The average molecular weight is 356 g/mol. The molecule has 0 heterocycles. The van der Waals surface area contributed by atoms with Crippen LogP contribution in [0.25, 0.3) is 0 Å². The second-order valence-electron chi connectivity index (χ2n) is 5.31. The van der Waals surface area contributed by atoms with Crippen molar-refractivity contribution in [1.29, 1.82) is 0 Å². The molecule has 17 heavy (non-hydrogen) atoms. The van der Waals surface area contributed by atoms with Gasteiger partial charge in [0, 0.05) is 5.54 Å². The normalized spacial score (nSPS) is 12.1. The average Bonchev–Trinajstić information content (AvgIpc) is 1.95. The molecule has 0 aliphatic heterocycles. The number of rotatable bonds is 5. The molecule has 0 saturated heterocycles. The lowest BCUT2D eigenvalue weighted by Crippen LogP contribution is -2.44.